The van der Waals surface area contributed by atoms with Crippen LogP contribution in [0.4, 0.5) is 0 Å². The van der Waals surface area contributed by atoms with E-state index in [0.29, 0.717) is 11.1 Å². The van der Waals surface area contributed by atoms with Crippen LogP contribution in [0.3, 0.4) is 0 Å². The third-order valence-electron chi connectivity index (χ3n) is 3.00. The first-order valence-corrected chi connectivity index (χ1v) is 9.57. The molecule has 1 N–H and O–H groups in total. The van der Waals surface area contributed by atoms with E-state index in [1.165, 1.54) is 12.1 Å². The maximum absolute atomic E-state index is 12.4. The van der Waals surface area contributed by atoms with E-state index < -0.39 is 10.0 Å². The highest BCUT2D eigenvalue weighted by Gasteiger charge is 2.22. The van der Waals surface area contributed by atoms with E-state index in [2.05, 4.69) is 20.7 Å². The summed E-state index contributed by atoms with van der Waals surface area (Å²) in [6, 6.07) is 10.4. The Morgan fingerprint density at radius 1 is 1.13 bits per heavy atom. The third-order valence-corrected chi connectivity index (χ3v) is 5.78. The highest BCUT2D eigenvalue weighted by molar-refractivity contribution is 9.10. The Morgan fingerprint density at radius 2 is 1.74 bits per heavy atom. The number of benzene rings is 2. The topological polar surface area (TPSA) is 55.4 Å². The quantitative estimate of drug-likeness (QED) is 0.727. The van der Waals surface area contributed by atoms with Gasteiger partial charge in [-0.15, -0.1) is 0 Å². The summed E-state index contributed by atoms with van der Waals surface area (Å²) in [5, 5.41) is 0.120. The SMILES string of the molecule is COCc1cccc(CNS(=O)(=O)c2c(Cl)cc(Br)cc2Cl)c1. The van der Waals surface area contributed by atoms with Crippen LogP contribution in [-0.4, -0.2) is 15.5 Å². The molecule has 0 saturated carbocycles. The van der Waals surface area contributed by atoms with Crippen LogP contribution in [0.1, 0.15) is 11.1 Å². The van der Waals surface area contributed by atoms with Crippen LogP contribution in [0.15, 0.2) is 45.8 Å². The minimum Gasteiger partial charge on any atom is -0.380 e. The zero-order valence-electron chi connectivity index (χ0n) is 12.1. The summed E-state index contributed by atoms with van der Waals surface area (Å²) in [6.45, 7) is 0.591. The lowest BCUT2D eigenvalue weighted by Gasteiger charge is -2.11. The zero-order chi connectivity index (χ0) is 17.0. The number of hydrogen-bond donors (Lipinski definition) is 1. The molecular weight excluding hydrogens is 425 g/mol. The molecule has 4 nitrogen and oxygen atoms in total. The molecule has 2 aromatic carbocycles. The summed E-state index contributed by atoms with van der Waals surface area (Å²) in [6.07, 6.45) is 0. The summed E-state index contributed by atoms with van der Waals surface area (Å²) >= 11 is 15.3. The van der Waals surface area contributed by atoms with Crippen LogP contribution in [0.5, 0.6) is 0 Å². The second-order valence-electron chi connectivity index (χ2n) is 4.78. The third kappa shape index (κ3) is 4.92. The van der Waals surface area contributed by atoms with Crippen LogP contribution >= 0.6 is 39.1 Å². The Kier molecular flexibility index (Phi) is 6.48. The standard InChI is InChI=1S/C15H14BrCl2NO3S/c1-22-9-11-4-2-3-10(5-11)8-19-23(20,21)15-13(17)6-12(16)7-14(15)18/h2-7,19H,8-9H2,1H3. The average Bonchev–Trinajstić information content (AvgIpc) is 2.44. The van der Waals surface area contributed by atoms with E-state index >= 15 is 0 Å². The number of methoxy groups -OCH3 is 1. The Labute approximate surface area is 153 Å². The highest BCUT2D eigenvalue weighted by atomic mass is 79.9. The molecule has 0 amide bonds. The van der Waals surface area contributed by atoms with Crippen molar-refractivity contribution in [3.63, 3.8) is 0 Å². The predicted molar refractivity (Wildman–Crippen MR) is 95.3 cm³/mol. The van der Waals surface area contributed by atoms with Crippen LogP contribution in [-0.2, 0) is 27.9 Å². The van der Waals surface area contributed by atoms with E-state index in [-0.39, 0.29) is 21.5 Å². The molecule has 23 heavy (non-hydrogen) atoms. The van der Waals surface area contributed by atoms with Crippen molar-refractivity contribution in [1.82, 2.24) is 4.72 Å². The first-order chi connectivity index (χ1) is 10.8. The maximum atomic E-state index is 12.4. The molecule has 0 saturated heterocycles. The molecule has 0 fully saturated rings. The van der Waals surface area contributed by atoms with Gasteiger partial charge in [0.2, 0.25) is 10.0 Å². The van der Waals surface area contributed by atoms with E-state index in [1.54, 1.807) is 7.11 Å². The molecule has 0 aliphatic rings. The van der Waals surface area contributed by atoms with Crippen molar-refractivity contribution in [2.45, 2.75) is 18.0 Å². The summed E-state index contributed by atoms with van der Waals surface area (Å²) in [7, 11) is -2.22. The Balaban J connectivity index is 2.21. The van der Waals surface area contributed by atoms with Gasteiger partial charge in [0.25, 0.3) is 0 Å². The van der Waals surface area contributed by atoms with Gasteiger partial charge in [0.1, 0.15) is 4.90 Å². The fraction of sp³-hybridized carbons (Fsp3) is 0.200. The van der Waals surface area contributed by atoms with E-state index in [0.717, 1.165) is 11.1 Å². The van der Waals surface area contributed by atoms with Gasteiger partial charge in [0.05, 0.1) is 16.7 Å². The number of hydrogen-bond acceptors (Lipinski definition) is 3. The van der Waals surface area contributed by atoms with Gasteiger partial charge in [0.15, 0.2) is 0 Å². The van der Waals surface area contributed by atoms with Gasteiger partial charge >= 0.3 is 0 Å². The van der Waals surface area contributed by atoms with Gasteiger partial charge in [-0.3, -0.25) is 0 Å². The average molecular weight is 439 g/mol. The highest BCUT2D eigenvalue weighted by Crippen LogP contribution is 2.32. The first-order valence-electron chi connectivity index (χ1n) is 6.54. The fourth-order valence-electron chi connectivity index (χ4n) is 2.03. The monoisotopic (exact) mass is 437 g/mol. The summed E-state index contributed by atoms with van der Waals surface area (Å²) in [4.78, 5) is -0.128. The summed E-state index contributed by atoms with van der Waals surface area (Å²) in [5.41, 5.74) is 1.77. The van der Waals surface area contributed by atoms with E-state index in [9.17, 15) is 8.42 Å². The molecule has 0 aliphatic heterocycles. The van der Waals surface area contributed by atoms with Crippen LogP contribution < -0.4 is 4.72 Å². The second kappa shape index (κ2) is 7.96. The normalized spacial score (nSPS) is 11.7. The molecule has 124 valence electrons. The van der Waals surface area contributed by atoms with Crippen molar-refractivity contribution in [2.75, 3.05) is 7.11 Å². The van der Waals surface area contributed by atoms with Crippen molar-refractivity contribution in [1.29, 1.82) is 0 Å². The van der Waals surface area contributed by atoms with Gasteiger partial charge in [0, 0.05) is 18.1 Å². The van der Waals surface area contributed by atoms with Gasteiger partial charge < -0.3 is 4.74 Å². The number of halogens is 3. The van der Waals surface area contributed by atoms with E-state index in [4.69, 9.17) is 27.9 Å². The minimum absolute atomic E-state index is 0.0602. The van der Waals surface area contributed by atoms with Crippen molar-refractivity contribution < 1.29 is 13.2 Å². The molecular formula is C15H14BrCl2NO3S. The zero-order valence-corrected chi connectivity index (χ0v) is 16.1. The lowest BCUT2D eigenvalue weighted by Crippen LogP contribution is -2.24. The Morgan fingerprint density at radius 3 is 2.35 bits per heavy atom. The smallest absolute Gasteiger partial charge is 0.243 e. The number of rotatable bonds is 6. The molecule has 0 unspecified atom stereocenters. The largest absolute Gasteiger partial charge is 0.380 e. The van der Waals surface area contributed by atoms with Gasteiger partial charge in [-0.25, -0.2) is 13.1 Å². The van der Waals surface area contributed by atoms with E-state index in [1.807, 2.05) is 24.3 Å². The number of nitrogens with one attached hydrogen (secondary N) is 1. The van der Waals surface area contributed by atoms with Crippen molar-refractivity contribution in [3.8, 4) is 0 Å². The fourth-order valence-corrected chi connectivity index (χ4v) is 4.98. The number of sulfonamides is 1. The summed E-state index contributed by atoms with van der Waals surface area (Å²) in [5.74, 6) is 0. The van der Waals surface area contributed by atoms with Gasteiger partial charge in [-0.05, 0) is 23.3 Å². The van der Waals surface area contributed by atoms with Crippen molar-refractivity contribution >= 4 is 49.2 Å². The molecule has 0 atom stereocenters. The lowest BCUT2D eigenvalue weighted by atomic mass is 10.1. The van der Waals surface area contributed by atoms with Crippen LogP contribution in [0, 0.1) is 0 Å². The molecule has 0 aromatic heterocycles. The van der Waals surface area contributed by atoms with Crippen molar-refractivity contribution in [3.05, 3.63) is 62.0 Å². The van der Waals surface area contributed by atoms with Crippen LogP contribution in [0.25, 0.3) is 0 Å². The Bertz CT molecular complexity index is 789. The first kappa shape index (κ1) is 18.7. The molecule has 0 spiro atoms. The maximum Gasteiger partial charge on any atom is 0.243 e. The van der Waals surface area contributed by atoms with Gasteiger partial charge in [-0.1, -0.05) is 63.4 Å². The molecule has 2 rings (SSSR count). The Hall–Kier alpha value is -0.630. The van der Waals surface area contributed by atoms with Gasteiger partial charge in [-0.2, -0.15) is 0 Å². The second-order valence-corrected chi connectivity index (χ2v) is 8.21. The molecule has 2 aromatic rings. The molecule has 8 heteroatoms. The molecule has 0 heterocycles. The molecule has 0 aliphatic carbocycles. The number of ether oxygens (including phenoxy) is 1. The molecule has 0 radical (unpaired) electrons. The minimum atomic E-state index is -3.83. The lowest BCUT2D eigenvalue weighted by molar-refractivity contribution is 0.185. The molecule has 0 bridgehead atoms. The van der Waals surface area contributed by atoms with Crippen molar-refractivity contribution in [2.24, 2.45) is 0 Å². The summed E-state index contributed by atoms with van der Waals surface area (Å²) < 4.78 is 33.1. The van der Waals surface area contributed by atoms with Crippen LogP contribution in [0.2, 0.25) is 10.0 Å². The predicted octanol–water partition coefficient (Wildman–Crippen LogP) is 4.38.